The molecule has 2 aromatic rings. The number of hydrazine groups is 2. The summed E-state index contributed by atoms with van der Waals surface area (Å²) in [7, 11) is 1.64. The van der Waals surface area contributed by atoms with Gasteiger partial charge in [-0.15, -0.1) is 0 Å². The maximum Gasteiger partial charge on any atom is 0.335 e. The average Bonchev–Trinajstić information content (AvgIpc) is 3.57. The van der Waals surface area contributed by atoms with Gasteiger partial charge in [-0.25, -0.2) is 25.6 Å². The number of hydrogen-bond donors (Lipinski definition) is 3. The molecule has 39 heavy (non-hydrogen) atoms. The zero-order chi connectivity index (χ0) is 26.5. The maximum absolute atomic E-state index is 11.9. The molecule has 3 N–H and O–H groups in total. The molecule has 2 bridgehead atoms. The molecule has 6 aliphatic rings. The summed E-state index contributed by atoms with van der Waals surface area (Å²) >= 11 is 0. The number of hydrogen-bond acceptors (Lipinski definition) is 11. The molecule has 4 saturated heterocycles. The Bertz CT molecular complexity index is 1390. The topological polar surface area (TPSA) is 107 Å². The number of aromatic nitrogens is 2. The number of anilines is 1. The van der Waals surface area contributed by atoms with Gasteiger partial charge in [-0.1, -0.05) is 12.6 Å². The summed E-state index contributed by atoms with van der Waals surface area (Å²) < 4.78 is 10.6. The van der Waals surface area contributed by atoms with Gasteiger partial charge in [-0.05, 0) is 30.2 Å². The van der Waals surface area contributed by atoms with Crippen LogP contribution in [-0.2, 0) is 16.1 Å². The van der Waals surface area contributed by atoms with Crippen LogP contribution in [0, 0.1) is 0 Å². The van der Waals surface area contributed by atoms with Crippen LogP contribution >= 0.6 is 0 Å². The van der Waals surface area contributed by atoms with Gasteiger partial charge < -0.3 is 14.4 Å². The van der Waals surface area contributed by atoms with Crippen LogP contribution in [0.5, 0.6) is 5.88 Å². The molecule has 3 atom stereocenters. The Morgan fingerprint density at radius 2 is 2.05 bits per heavy atom. The fourth-order valence-corrected chi connectivity index (χ4v) is 6.04. The molecule has 200 valence electrons. The molecule has 0 saturated carbocycles. The molecular weight excluding hydrogens is 496 g/mol. The van der Waals surface area contributed by atoms with E-state index in [1.165, 1.54) is 17.6 Å². The van der Waals surface area contributed by atoms with Crippen molar-refractivity contribution in [2.24, 2.45) is 0 Å². The monoisotopic (exact) mass is 526 g/mol. The van der Waals surface area contributed by atoms with Crippen molar-refractivity contribution in [3.8, 4) is 5.88 Å². The van der Waals surface area contributed by atoms with Gasteiger partial charge in [0.15, 0.2) is 0 Å². The third kappa shape index (κ3) is 4.29. The molecule has 3 unspecified atom stereocenters. The van der Waals surface area contributed by atoms with E-state index in [4.69, 9.17) is 14.5 Å². The molecule has 0 aliphatic carbocycles. The fraction of sp³-hybridized carbons (Fsp3) is 0.321. The van der Waals surface area contributed by atoms with Gasteiger partial charge >= 0.3 is 5.97 Å². The Balaban J connectivity index is 1.08. The van der Waals surface area contributed by atoms with Crippen molar-refractivity contribution >= 4 is 17.4 Å². The van der Waals surface area contributed by atoms with Crippen molar-refractivity contribution in [3.63, 3.8) is 0 Å². The predicted octanol–water partition coefficient (Wildman–Crippen LogP) is 1.42. The van der Waals surface area contributed by atoms with E-state index in [-0.39, 0.29) is 6.17 Å². The van der Waals surface area contributed by atoms with E-state index in [1.807, 2.05) is 29.5 Å². The van der Waals surface area contributed by atoms with Gasteiger partial charge in [0.05, 0.1) is 19.0 Å². The lowest BCUT2D eigenvalue weighted by molar-refractivity contribution is -0.133. The highest BCUT2D eigenvalue weighted by molar-refractivity contribution is 5.86. The lowest BCUT2D eigenvalue weighted by atomic mass is 9.87. The highest BCUT2D eigenvalue weighted by Crippen LogP contribution is 2.39. The molecule has 0 spiro atoms. The highest BCUT2D eigenvalue weighted by atomic mass is 16.5. The van der Waals surface area contributed by atoms with Gasteiger partial charge in [0, 0.05) is 79.5 Å². The SMILES string of the molecule is C=CC(=O)OC1=CN2NC3NNCC3=C2C(c2ccc(N3CC4CC(C3)N4Cc3ccc(OC)nc3)nc2)=C1. The molecule has 2 aromatic heterocycles. The molecule has 0 aromatic carbocycles. The van der Waals surface area contributed by atoms with E-state index in [9.17, 15) is 4.79 Å². The lowest BCUT2D eigenvalue weighted by Crippen LogP contribution is -2.68. The zero-order valence-electron chi connectivity index (χ0n) is 21.6. The second-order valence-corrected chi connectivity index (χ2v) is 10.3. The summed E-state index contributed by atoms with van der Waals surface area (Å²) in [6, 6.07) is 9.21. The smallest absolute Gasteiger partial charge is 0.335 e. The van der Waals surface area contributed by atoms with E-state index in [1.54, 1.807) is 13.3 Å². The first kappa shape index (κ1) is 24.0. The summed E-state index contributed by atoms with van der Waals surface area (Å²) in [4.78, 5) is 26.1. The number of piperidine rings is 1. The Kier molecular flexibility index (Phi) is 5.93. The number of fused-ring (bicyclic) bond motifs is 4. The van der Waals surface area contributed by atoms with Crippen molar-refractivity contribution in [3.05, 3.63) is 89.7 Å². The number of rotatable bonds is 7. The minimum absolute atomic E-state index is 0.0296. The molecule has 8 rings (SSSR count). The standard InChI is InChI=1S/C28H30N8O3/c1-3-26(37)39-21-9-22(27-23-12-31-32-28(23)33-36(27)16-21)18-5-6-24(29-11-18)34-14-19-8-20(15-34)35(19)13-17-4-7-25(38-2)30-10-17/h3-7,9-11,16,19-20,28,31-33H,1,8,12-15H2,2H3. The minimum atomic E-state index is -0.499. The number of ether oxygens (including phenoxy) is 2. The number of carbonyl (C=O) groups excluding carboxylic acids is 1. The van der Waals surface area contributed by atoms with Crippen LogP contribution in [-0.4, -0.2) is 70.8 Å². The molecule has 4 fully saturated rings. The van der Waals surface area contributed by atoms with E-state index in [0.717, 1.165) is 48.4 Å². The number of allylic oxidation sites excluding steroid dienone is 2. The van der Waals surface area contributed by atoms with Crippen LogP contribution < -0.4 is 25.9 Å². The Hall–Kier alpha value is -4.03. The van der Waals surface area contributed by atoms with Crippen molar-refractivity contribution in [2.45, 2.75) is 31.2 Å². The molecule has 11 heteroatoms. The van der Waals surface area contributed by atoms with Crippen molar-refractivity contribution in [1.82, 2.24) is 36.2 Å². The average molecular weight is 527 g/mol. The highest BCUT2D eigenvalue weighted by Gasteiger charge is 2.45. The number of pyridine rings is 2. The van der Waals surface area contributed by atoms with Crippen molar-refractivity contribution in [1.29, 1.82) is 0 Å². The molecule has 6 aliphatic heterocycles. The van der Waals surface area contributed by atoms with Crippen molar-refractivity contribution < 1.29 is 14.3 Å². The van der Waals surface area contributed by atoms with Gasteiger partial charge in [0.1, 0.15) is 17.7 Å². The number of carbonyl (C=O) groups is 1. The zero-order valence-corrected chi connectivity index (χ0v) is 21.6. The van der Waals surface area contributed by atoms with Gasteiger partial charge in [-0.2, -0.15) is 0 Å². The Morgan fingerprint density at radius 1 is 1.18 bits per heavy atom. The first-order valence-corrected chi connectivity index (χ1v) is 13.1. The number of nitrogens with zero attached hydrogens (tertiary/aromatic N) is 5. The molecule has 0 radical (unpaired) electrons. The third-order valence-corrected chi connectivity index (χ3v) is 7.97. The van der Waals surface area contributed by atoms with Gasteiger partial charge in [0.2, 0.25) is 5.88 Å². The van der Waals surface area contributed by atoms with Crippen LogP contribution in [0.4, 0.5) is 5.82 Å². The van der Waals surface area contributed by atoms with E-state index < -0.39 is 5.97 Å². The van der Waals surface area contributed by atoms with E-state index >= 15 is 0 Å². The minimum Gasteiger partial charge on any atom is -0.481 e. The molecule has 11 nitrogen and oxygen atoms in total. The Morgan fingerprint density at radius 3 is 2.77 bits per heavy atom. The summed E-state index contributed by atoms with van der Waals surface area (Å²) in [6.07, 6.45) is 9.83. The fourth-order valence-electron chi connectivity index (χ4n) is 6.04. The summed E-state index contributed by atoms with van der Waals surface area (Å²) in [6.45, 7) is 7.02. The summed E-state index contributed by atoms with van der Waals surface area (Å²) in [5.74, 6) is 1.56. The normalized spacial score (nSPS) is 25.4. The number of nitrogens with one attached hydrogen (secondary N) is 3. The maximum atomic E-state index is 11.9. The first-order chi connectivity index (χ1) is 19.1. The molecule has 0 amide bonds. The lowest BCUT2D eigenvalue weighted by Gasteiger charge is -2.56. The third-order valence-electron chi connectivity index (χ3n) is 7.97. The van der Waals surface area contributed by atoms with Crippen LogP contribution in [0.3, 0.4) is 0 Å². The predicted molar refractivity (Wildman–Crippen MR) is 144 cm³/mol. The van der Waals surface area contributed by atoms with Crippen molar-refractivity contribution in [2.75, 3.05) is 31.6 Å². The van der Waals surface area contributed by atoms with Crippen LogP contribution in [0.15, 0.2) is 78.6 Å². The quantitative estimate of drug-likeness (QED) is 0.360. The van der Waals surface area contributed by atoms with Crippen LogP contribution in [0.25, 0.3) is 5.57 Å². The second-order valence-electron chi connectivity index (χ2n) is 10.3. The number of piperazine rings is 1. The van der Waals surface area contributed by atoms with Crippen LogP contribution in [0.1, 0.15) is 17.5 Å². The van der Waals surface area contributed by atoms with Gasteiger partial charge in [-0.3, -0.25) is 15.3 Å². The number of methoxy groups -OCH3 is 1. The number of esters is 1. The Labute approximate surface area is 226 Å². The van der Waals surface area contributed by atoms with Gasteiger partial charge in [0.25, 0.3) is 0 Å². The second kappa shape index (κ2) is 9.62. The molecular formula is C28H30N8O3. The van der Waals surface area contributed by atoms with E-state index in [0.29, 0.717) is 30.3 Å². The largest absolute Gasteiger partial charge is 0.481 e. The van der Waals surface area contributed by atoms with Crippen LogP contribution in [0.2, 0.25) is 0 Å². The summed E-state index contributed by atoms with van der Waals surface area (Å²) in [5, 5.41) is 1.91. The van der Waals surface area contributed by atoms with E-state index in [2.05, 4.69) is 55.8 Å². The summed E-state index contributed by atoms with van der Waals surface area (Å²) in [5.41, 5.74) is 15.1. The molecule has 8 heterocycles. The first-order valence-electron chi connectivity index (χ1n) is 13.1.